The first-order valence-electron chi connectivity index (χ1n) is 10.4. The van der Waals surface area contributed by atoms with Crippen molar-refractivity contribution in [1.29, 1.82) is 0 Å². The molecule has 0 saturated carbocycles. The van der Waals surface area contributed by atoms with Gasteiger partial charge in [0.1, 0.15) is 23.4 Å². The number of aromatic nitrogens is 3. The van der Waals surface area contributed by atoms with Crippen LogP contribution in [-0.4, -0.2) is 52.7 Å². The van der Waals surface area contributed by atoms with Gasteiger partial charge in [-0.25, -0.2) is 13.4 Å². The fourth-order valence-corrected chi connectivity index (χ4v) is 3.57. The Hall–Kier alpha value is -3.44. The van der Waals surface area contributed by atoms with E-state index in [1.54, 1.807) is 36.9 Å². The molecular weight excluding hydrogens is 448 g/mol. The molecular formula is C22H26N4O6S. The van der Waals surface area contributed by atoms with Crippen LogP contribution in [0.25, 0.3) is 0 Å². The quantitative estimate of drug-likeness (QED) is 0.458. The summed E-state index contributed by atoms with van der Waals surface area (Å²) >= 11 is 0. The summed E-state index contributed by atoms with van der Waals surface area (Å²) in [5, 5.41) is 16.2. The van der Waals surface area contributed by atoms with E-state index in [9.17, 15) is 18.3 Å². The number of benzene rings is 1. The van der Waals surface area contributed by atoms with Crippen LogP contribution in [0.3, 0.4) is 0 Å². The zero-order chi connectivity index (χ0) is 24.0. The largest absolute Gasteiger partial charge is 0.488 e. The van der Waals surface area contributed by atoms with Gasteiger partial charge in [-0.1, -0.05) is 6.92 Å². The Morgan fingerprint density at radius 2 is 1.91 bits per heavy atom. The highest BCUT2D eigenvalue weighted by molar-refractivity contribution is 7.91. The fourth-order valence-electron chi connectivity index (χ4n) is 2.79. The minimum atomic E-state index is -3.43. The van der Waals surface area contributed by atoms with E-state index in [1.807, 2.05) is 6.92 Å². The molecule has 0 saturated heterocycles. The lowest BCUT2D eigenvalue weighted by molar-refractivity contribution is 0.102. The Bertz CT molecular complexity index is 1210. The summed E-state index contributed by atoms with van der Waals surface area (Å²) in [5.41, 5.74) is 0.247. The van der Waals surface area contributed by atoms with Gasteiger partial charge in [0.15, 0.2) is 20.7 Å². The van der Waals surface area contributed by atoms with Gasteiger partial charge in [-0.15, -0.1) is 0 Å². The normalized spacial score (nSPS) is 12.2. The van der Waals surface area contributed by atoms with Gasteiger partial charge < -0.3 is 19.9 Å². The Labute approximate surface area is 192 Å². The molecule has 3 rings (SSSR count). The highest BCUT2D eigenvalue weighted by atomic mass is 32.2. The zero-order valence-corrected chi connectivity index (χ0v) is 19.4. The van der Waals surface area contributed by atoms with Crippen molar-refractivity contribution < 1.29 is 27.8 Å². The number of hydrogen-bond acceptors (Lipinski definition) is 8. The molecule has 0 fully saturated rings. The van der Waals surface area contributed by atoms with Crippen molar-refractivity contribution in [2.24, 2.45) is 0 Å². The maximum Gasteiger partial charge on any atom is 0.257 e. The molecule has 1 atom stereocenters. The number of anilines is 1. The summed E-state index contributed by atoms with van der Waals surface area (Å²) in [6, 6.07) is 9.13. The standard InChI is InChI=1S/C22H26N4O6S/c1-4-26-9-8-20(25-26)24-22(28)16-10-18(31-15(3)14-27)12-19(11-16)32-17-6-7-21(23-13-17)33(29,30)5-2/h6-13,15,27H,4-5,14H2,1-3H3,(H,24,25,28)/t15-/m0/s1. The van der Waals surface area contributed by atoms with Crippen molar-refractivity contribution in [2.75, 3.05) is 17.7 Å². The molecule has 0 aliphatic carbocycles. The molecule has 0 radical (unpaired) electrons. The second kappa shape index (κ2) is 10.5. The highest BCUT2D eigenvalue weighted by Gasteiger charge is 2.16. The lowest BCUT2D eigenvalue weighted by atomic mass is 10.2. The Balaban J connectivity index is 1.86. The molecule has 176 valence electrons. The van der Waals surface area contributed by atoms with Crippen molar-refractivity contribution in [3.8, 4) is 17.2 Å². The molecule has 0 bridgehead atoms. The number of sulfone groups is 1. The van der Waals surface area contributed by atoms with Gasteiger partial charge in [-0.2, -0.15) is 5.10 Å². The first kappa shape index (κ1) is 24.2. The number of ether oxygens (including phenoxy) is 2. The van der Waals surface area contributed by atoms with E-state index in [4.69, 9.17) is 9.47 Å². The van der Waals surface area contributed by atoms with Crippen LogP contribution in [0.5, 0.6) is 17.2 Å². The molecule has 0 aliphatic rings. The topological polar surface area (TPSA) is 133 Å². The molecule has 10 nitrogen and oxygen atoms in total. The van der Waals surface area contributed by atoms with Gasteiger partial charge in [-0.3, -0.25) is 9.48 Å². The van der Waals surface area contributed by atoms with Gasteiger partial charge in [-0.05, 0) is 38.1 Å². The number of aryl methyl sites for hydroxylation is 1. The number of aliphatic hydroxyl groups is 1. The first-order valence-corrected chi connectivity index (χ1v) is 12.0. The Morgan fingerprint density at radius 1 is 1.15 bits per heavy atom. The van der Waals surface area contributed by atoms with E-state index in [-0.39, 0.29) is 34.4 Å². The van der Waals surface area contributed by atoms with Crippen LogP contribution in [0.1, 0.15) is 31.1 Å². The predicted octanol–water partition coefficient (Wildman–Crippen LogP) is 2.90. The molecule has 0 unspecified atom stereocenters. The summed E-state index contributed by atoms with van der Waals surface area (Å²) in [5.74, 6) is 0.788. The van der Waals surface area contributed by atoms with E-state index >= 15 is 0 Å². The van der Waals surface area contributed by atoms with Crippen LogP contribution in [0.4, 0.5) is 5.82 Å². The minimum absolute atomic E-state index is 0.0437. The third-order valence-electron chi connectivity index (χ3n) is 4.59. The van der Waals surface area contributed by atoms with E-state index in [1.165, 1.54) is 30.5 Å². The number of amides is 1. The summed E-state index contributed by atoms with van der Waals surface area (Å²) in [4.78, 5) is 16.8. The lowest BCUT2D eigenvalue weighted by Crippen LogP contribution is -2.17. The molecule has 1 aromatic carbocycles. The number of carbonyl (C=O) groups is 1. The summed E-state index contributed by atoms with van der Waals surface area (Å²) in [7, 11) is -3.43. The van der Waals surface area contributed by atoms with Crippen LogP contribution >= 0.6 is 0 Å². The highest BCUT2D eigenvalue weighted by Crippen LogP contribution is 2.29. The van der Waals surface area contributed by atoms with Gasteiger partial charge >= 0.3 is 0 Å². The second-order valence-corrected chi connectivity index (χ2v) is 9.38. The Morgan fingerprint density at radius 3 is 2.52 bits per heavy atom. The number of pyridine rings is 1. The van der Waals surface area contributed by atoms with Gasteiger partial charge in [0.2, 0.25) is 0 Å². The molecule has 0 spiro atoms. The van der Waals surface area contributed by atoms with Crippen LogP contribution in [0.15, 0.2) is 53.8 Å². The monoisotopic (exact) mass is 474 g/mol. The second-order valence-electron chi connectivity index (χ2n) is 7.15. The molecule has 1 amide bonds. The van der Waals surface area contributed by atoms with Crippen molar-refractivity contribution in [3.63, 3.8) is 0 Å². The first-order chi connectivity index (χ1) is 15.7. The SMILES string of the molecule is CCn1ccc(NC(=O)c2cc(Oc3ccc(S(=O)(=O)CC)nc3)cc(O[C@@H](C)CO)c2)n1. The zero-order valence-electron chi connectivity index (χ0n) is 18.6. The third kappa shape index (κ3) is 6.30. The van der Waals surface area contributed by atoms with Gasteiger partial charge in [0.25, 0.3) is 5.91 Å². The number of aliphatic hydroxyl groups excluding tert-OH is 1. The van der Waals surface area contributed by atoms with E-state index in [2.05, 4.69) is 15.4 Å². The average Bonchev–Trinajstić information content (AvgIpc) is 3.26. The van der Waals surface area contributed by atoms with Crippen molar-refractivity contribution in [3.05, 3.63) is 54.4 Å². The molecule has 0 aliphatic heterocycles. The third-order valence-corrected chi connectivity index (χ3v) is 6.23. The van der Waals surface area contributed by atoms with Crippen LogP contribution in [-0.2, 0) is 16.4 Å². The number of carbonyl (C=O) groups excluding carboxylic acids is 1. The summed E-state index contributed by atoms with van der Waals surface area (Å²) in [6.45, 7) is 5.62. The summed E-state index contributed by atoms with van der Waals surface area (Å²) < 4.78 is 37.0. The minimum Gasteiger partial charge on any atom is -0.488 e. The van der Waals surface area contributed by atoms with Crippen LogP contribution < -0.4 is 14.8 Å². The maximum atomic E-state index is 12.8. The number of rotatable bonds is 10. The lowest BCUT2D eigenvalue weighted by Gasteiger charge is -2.15. The van der Waals surface area contributed by atoms with Crippen LogP contribution in [0, 0.1) is 0 Å². The van der Waals surface area contributed by atoms with Crippen LogP contribution in [0.2, 0.25) is 0 Å². The average molecular weight is 475 g/mol. The van der Waals surface area contributed by atoms with E-state index in [0.29, 0.717) is 18.1 Å². The molecule has 2 aromatic heterocycles. The number of nitrogens with one attached hydrogen (secondary N) is 1. The molecule has 3 aromatic rings. The summed E-state index contributed by atoms with van der Waals surface area (Å²) in [6.07, 6.45) is 2.54. The van der Waals surface area contributed by atoms with Crippen molar-refractivity contribution in [1.82, 2.24) is 14.8 Å². The van der Waals surface area contributed by atoms with Crippen molar-refractivity contribution >= 4 is 21.6 Å². The molecule has 2 heterocycles. The van der Waals surface area contributed by atoms with E-state index < -0.39 is 21.8 Å². The molecule has 33 heavy (non-hydrogen) atoms. The molecule has 11 heteroatoms. The molecule has 2 N–H and O–H groups in total. The van der Waals surface area contributed by atoms with Gasteiger partial charge in [0.05, 0.1) is 18.6 Å². The Kier molecular flexibility index (Phi) is 7.67. The van der Waals surface area contributed by atoms with Crippen molar-refractivity contribution in [2.45, 2.75) is 38.4 Å². The maximum absolute atomic E-state index is 12.8. The predicted molar refractivity (Wildman–Crippen MR) is 122 cm³/mol. The van der Waals surface area contributed by atoms with E-state index in [0.717, 1.165) is 0 Å². The smallest absolute Gasteiger partial charge is 0.257 e. The number of nitrogens with zero attached hydrogens (tertiary/aromatic N) is 3. The fraction of sp³-hybridized carbons (Fsp3) is 0.318. The number of hydrogen-bond donors (Lipinski definition) is 2. The van der Waals surface area contributed by atoms with Gasteiger partial charge in [0, 0.05) is 30.4 Å².